The number of nitrogens with zero attached hydrogens (tertiary/aromatic N) is 2. The summed E-state index contributed by atoms with van der Waals surface area (Å²) in [6.07, 6.45) is -0.0696. The lowest BCUT2D eigenvalue weighted by Crippen LogP contribution is -2.44. The predicted octanol–water partition coefficient (Wildman–Crippen LogP) is 5.01. The van der Waals surface area contributed by atoms with E-state index < -0.39 is 17.0 Å². The smallest absolute Gasteiger partial charge is 0.238 e. The van der Waals surface area contributed by atoms with Crippen molar-refractivity contribution in [2.75, 3.05) is 26.6 Å². The molecule has 4 rings (SSSR count). The molecule has 1 aliphatic rings. The zero-order valence-corrected chi connectivity index (χ0v) is 21.4. The van der Waals surface area contributed by atoms with E-state index in [1.807, 2.05) is 6.07 Å². The number of amidine groups is 1. The summed E-state index contributed by atoms with van der Waals surface area (Å²) in [5.41, 5.74) is 1.44. The van der Waals surface area contributed by atoms with Crippen LogP contribution in [0, 0.1) is 5.82 Å². The molecule has 1 aliphatic heterocycles. The second-order valence-electron chi connectivity index (χ2n) is 8.04. The Hall–Kier alpha value is -4.05. The highest BCUT2D eigenvalue weighted by atomic mass is 32.2. The molecule has 1 atom stereocenters. The van der Waals surface area contributed by atoms with Gasteiger partial charge in [-0.2, -0.15) is 0 Å². The highest BCUT2D eigenvalue weighted by Crippen LogP contribution is 2.33. The van der Waals surface area contributed by atoms with Gasteiger partial charge in [-0.05, 0) is 54.1 Å². The predicted molar refractivity (Wildman–Crippen MR) is 141 cm³/mol. The Labute approximate surface area is 218 Å². The van der Waals surface area contributed by atoms with Gasteiger partial charge in [0.25, 0.3) is 0 Å². The van der Waals surface area contributed by atoms with Gasteiger partial charge >= 0.3 is 0 Å². The van der Waals surface area contributed by atoms with Crippen LogP contribution < -0.4 is 19.5 Å². The first-order valence-electron chi connectivity index (χ1n) is 11.4. The topological polar surface area (TPSA) is 89.5 Å². The Morgan fingerprint density at radius 3 is 2.43 bits per heavy atom. The minimum atomic E-state index is -0.786. The molecule has 2 amide bonds. The number of halogens is 1. The summed E-state index contributed by atoms with van der Waals surface area (Å²) >= 11 is 1.15. The molecule has 37 heavy (non-hydrogen) atoms. The van der Waals surface area contributed by atoms with Gasteiger partial charge < -0.3 is 19.5 Å². The standard InChI is InChI=1S/C27H26FN3O5S/c1-34-19-11-9-18(10-12-19)29-27-31(16-17-8-13-22(35-2)23(14-17)36-3)25(32)15-24(37-27)26(33)30-21-7-5-4-6-20(21)28/h4-14,24H,15-16H2,1-3H3,(H,30,33). The number of methoxy groups -OCH3 is 3. The Bertz CT molecular complexity index is 1320. The van der Waals surface area contributed by atoms with Gasteiger partial charge in [0.2, 0.25) is 11.8 Å². The first-order chi connectivity index (χ1) is 17.9. The van der Waals surface area contributed by atoms with Crippen LogP contribution in [0.15, 0.2) is 71.7 Å². The molecule has 1 heterocycles. The normalized spacial score (nSPS) is 16.4. The molecule has 0 radical (unpaired) electrons. The summed E-state index contributed by atoms with van der Waals surface area (Å²) in [7, 11) is 4.66. The molecule has 0 aromatic heterocycles. The van der Waals surface area contributed by atoms with Gasteiger partial charge in [-0.1, -0.05) is 30.0 Å². The van der Waals surface area contributed by atoms with E-state index in [4.69, 9.17) is 14.2 Å². The van der Waals surface area contributed by atoms with Crippen LogP contribution in [0.1, 0.15) is 12.0 Å². The molecule has 1 saturated heterocycles. The molecule has 10 heteroatoms. The minimum Gasteiger partial charge on any atom is -0.497 e. The fourth-order valence-corrected chi connectivity index (χ4v) is 4.80. The van der Waals surface area contributed by atoms with Gasteiger partial charge in [0.05, 0.1) is 39.2 Å². The van der Waals surface area contributed by atoms with Crippen LogP contribution in [-0.4, -0.2) is 48.5 Å². The van der Waals surface area contributed by atoms with Crippen molar-refractivity contribution >= 4 is 40.1 Å². The number of thioether (sulfide) groups is 1. The summed E-state index contributed by atoms with van der Waals surface area (Å²) in [6, 6.07) is 18.3. The number of hydrogen-bond donors (Lipinski definition) is 1. The van der Waals surface area contributed by atoms with Crippen LogP contribution in [-0.2, 0) is 16.1 Å². The number of rotatable bonds is 8. The van der Waals surface area contributed by atoms with Crippen molar-refractivity contribution in [3.8, 4) is 17.2 Å². The number of carbonyl (C=O) groups excluding carboxylic acids is 2. The Morgan fingerprint density at radius 1 is 1.03 bits per heavy atom. The lowest BCUT2D eigenvalue weighted by molar-refractivity contribution is -0.129. The van der Waals surface area contributed by atoms with E-state index in [0.717, 1.165) is 17.3 Å². The van der Waals surface area contributed by atoms with Crippen LogP contribution in [0.2, 0.25) is 0 Å². The number of anilines is 1. The van der Waals surface area contributed by atoms with E-state index in [1.54, 1.807) is 63.8 Å². The molecule has 1 fully saturated rings. The molecule has 0 aliphatic carbocycles. The van der Waals surface area contributed by atoms with Gasteiger partial charge in [-0.3, -0.25) is 14.5 Å². The highest BCUT2D eigenvalue weighted by Gasteiger charge is 2.36. The van der Waals surface area contributed by atoms with E-state index in [-0.39, 0.29) is 24.6 Å². The summed E-state index contributed by atoms with van der Waals surface area (Å²) in [6.45, 7) is 0.211. The van der Waals surface area contributed by atoms with Crippen molar-refractivity contribution in [3.63, 3.8) is 0 Å². The largest absolute Gasteiger partial charge is 0.497 e. The monoisotopic (exact) mass is 523 g/mol. The number of para-hydroxylation sites is 1. The molecule has 0 spiro atoms. The quantitative estimate of drug-likeness (QED) is 0.446. The minimum absolute atomic E-state index is 0.0574. The van der Waals surface area contributed by atoms with Gasteiger partial charge in [0.1, 0.15) is 16.8 Å². The summed E-state index contributed by atoms with van der Waals surface area (Å²) in [5.74, 6) is 0.465. The maximum absolute atomic E-state index is 14.1. The number of amides is 2. The molecule has 1 N–H and O–H groups in total. The van der Waals surface area contributed by atoms with Crippen molar-refractivity contribution in [1.82, 2.24) is 4.90 Å². The SMILES string of the molecule is COc1ccc(N=C2SC(C(=O)Nc3ccccc3F)CC(=O)N2Cc2ccc(OC)c(OC)c2)cc1. The maximum atomic E-state index is 14.1. The molecular formula is C27H26FN3O5S. The van der Waals surface area contributed by atoms with Crippen molar-refractivity contribution < 1.29 is 28.2 Å². The Kier molecular flexibility index (Phi) is 8.29. The highest BCUT2D eigenvalue weighted by molar-refractivity contribution is 8.15. The van der Waals surface area contributed by atoms with E-state index in [0.29, 0.717) is 28.1 Å². The lowest BCUT2D eigenvalue weighted by atomic mass is 10.1. The van der Waals surface area contributed by atoms with Gasteiger partial charge in [0.15, 0.2) is 16.7 Å². The van der Waals surface area contributed by atoms with Gasteiger partial charge in [-0.15, -0.1) is 0 Å². The van der Waals surface area contributed by atoms with Crippen LogP contribution in [0.4, 0.5) is 15.8 Å². The van der Waals surface area contributed by atoms with Crippen LogP contribution in [0.3, 0.4) is 0 Å². The molecule has 3 aromatic rings. The zero-order valence-electron chi connectivity index (χ0n) is 20.6. The molecule has 1 unspecified atom stereocenters. The molecule has 0 bridgehead atoms. The van der Waals surface area contributed by atoms with Crippen LogP contribution in [0.25, 0.3) is 0 Å². The summed E-state index contributed by atoms with van der Waals surface area (Å²) in [4.78, 5) is 32.5. The summed E-state index contributed by atoms with van der Waals surface area (Å²) < 4.78 is 30.0. The number of ether oxygens (including phenoxy) is 3. The molecular weight excluding hydrogens is 497 g/mol. The average Bonchev–Trinajstić information content (AvgIpc) is 2.92. The Balaban J connectivity index is 1.63. The van der Waals surface area contributed by atoms with Gasteiger partial charge in [0, 0.05) is 6.42 Å². The third-order valence-corrected chi connectivity index (χ3v) is 6.84. The number of aliphatic imine (C=N–C) groups is 1. The first-order valence-corrected chi connectivity index (χ1v) is 12.3. The number of benzene rings is 3. The fourth-order valence-electron chi connectivity index (χ4n) is 3.70. The molecule has 3 aromatic carbocycles. The van der Waals surface area contributed by atoms with Crippen molar-refractivity contribution in [1.29, 1.82) is 0 Å². The van der Waals surface area contributed by atoms with E-state index in [2.05, 4.69) is 10.3 Å². The first kappa shape index (κ1) is 26.0. The van der Waals surface area contributed by atoms with E-state index in [9.17, 15) is 14.0 Å². The average molecular weight is 524 g/mol. The number of nitrogens with one attached hydrogen (secondary N) is 1. The Morgan fingerprint density at radius 2 is 1.76 bits per heavy atom. The zero-order chi connectivity index (χ0) is 26.4. The van der Waals surface area contributed by atoms with E-state index in [1.165, 1.54) is 23.1 Å². The third kappa shape index (κ3) is 6.21. The summed E-state index contributed by atoms with van der Waals surface area (Å²) in [5, 5.41) is 2.15. The second-order valence-corrected chi connectivity index (χ2v) is 9.21. The van der Waals surface area contributed by atoms with Gasteiger partial charge in [-0.25, -0.2) is 9.38 Å². The number of carbonyl (C=O) groups is 2. The third-order valence-electron chi connectivity index (χ3n) is 5.65. The van der Waals surface area contributed by atoms with Crippen molar-refractivity contribution in [3.05, 3.63) is 78.1 Å². The lowest BCUT2D eigenvalue weighted by Gasteiger charge is -2.32. The van der Waals surface area contributed by atoms with Crippen molar-refractivity contribution in [2.24, 2.45) is 4.99 Å². The second kappa shape index (κ2) is 11.8. The maximum Gasteiger partial charge on any atom is 0.238 e. The number of hydrogen-bond acceptors (Lipinski definition) is 7. The molecule has 8 nitrogen and oxygen atoms in total. The molecule has 0 saturated carbocycles. The van der Waals surface area contributed by atoms with Crippen LogP contribution >= 0.6 is 11.8 Å². The fraction of sp³-hybridized carbons (Fsp3) is 0.222. The van der Waals surface area contributed by atoms with Crippen LogP contribution in [0.5, 0.6) is 17.2 Å². The van der Waals surface area contributed by atoms with Crippen molar-refractivity contribution in [2.45, 2.75) is 18.2 Å². The van der Waals surface area contributed by atoms with E-state index >= 15 is 0 Å². The molecule has 192 valence electrons.